The van der Waals surface area contributed by atoms with Crippen LogP contribution in [0.1, 0.15) is 17.3 Å². The normalized spacial score (nSPS) is 10.4. The summed E-state index contributed by atoms with van der Waals surface area (Å²) in [5.74, 6) is 0. The average molecular weight is 214 g/mol. The van der Waals surface area contributed by atoms with Gasteiger partial charge in [0, 0.05) is 36.4 Å². The zero-order valence-corrected chi connectivity index (χ0v) is 9.47. The number of hydrogen-bond acceptors (Lipinski definition) is 3. The summed E-state index contributed by atoms with van der Waals surface area (Å²) in [6.45, 7) is 3.02. The smallest absolute Gasteiger partial charge is 0.150 e. The van der Waals surface area contributed by atoms with Crippen molar-refractivity contribution < 1.29 is 4.79 Å². The zero-order chi connectivity index (χ0) is 11.5. The topological polar surface area (TPSA) is 33.2 Å². The van der Waals surface area contributed by atoms with Crippen molar-refractivity contribution in [2.75, 3.05) is 18.5 Å². The molecule has 0 aliphatic rings. The van der Waals surface area contributed by atoms with Crippen LogP contribution in [0.5, 0.6) is 0 Å². The molecule has 0 amide bonds. The molecule has 0 spiro atoms. The van der Waals surface area contributed by atoms with Gasteiger partial charge in [0.1, 0.15) is 0 Å². The van der Waals surface area contributed by atoms with Crippen LogP contribution in [-0.4, -0.2) is 24.9 Å². The van der Waals surface area contributed by atoms with Gasteiger partial charge in [0.15, 0.2) is 6.29 Å². The van der Waals surface area contributed by atoms with Gasteiger partial charge >= 0.3 is 0 Å². The summed E-state index contributed by atoms with van der Waals surface area (Å²) in [5, 5.41) is 0.912. The highest BCUT2D eigenvalue weighted by Crippen LogP contribution is 2.22. The standard InChI is InChI=1S/C13H14N2O/c1-3-15(2)11-4-5-13-12(8-11)10(9-16)6-7-14-13/h4-9H,3H2,1-2H3. The zero-order valence-electron chi connectivity index (χ0n) is 9.47. The number of anilines is 1. The predicted molar refractivity (Wildman–Crippen MR) is 66.1 cm³/mol. The van der Waals surface area contributed by atoms with Crippen molar-refractivity contribution in [3.8, 4) is 0 Å². The summed E-state index contributed by atoms with van der Waals surface area (Å²) >= 11 is 0. The van der Waals surface area contributed by atoms with E-state index < -0.39 is 0 Å². The second-order valence-electron chi connectivity index (χ2n) is 3.73. The number of nitrogens with zero attached hydrogens (tertiary/aromatic N) is 2. The number of fused-ring (bicyclic) bond motifs is 1. The van der Waals surface area contributed by atoms with E-state index in [9.17, 15) is 4.79 Å². The Balaban J connectivity index is 2.63. The fourth-order valence-corrected chi connectivity index (χ4v) is 1.68. The maximum atomic E-state index is 10.9. The van der Waals surface area contributed by atoms with E-state index in [4.69, 9.17) is 0 Å². The van der Waals surface area contributed by atoms with Crippen LogP contribution < -0.4 is 4.90 Å². The van der Waals surface area contributed by atoms with Crippen LogP contribution in [-0.2, 0) is 0 Å². The molecule has 3 nitrogen and oxygen atoms in total. The molecule has 0 saturated heterocycles. The number of aromatic nitrogens is 1. The molecule has 0 aliphatic heterocycles. The molecule has 0 aliphatic carbocycles. The third-order valence-electron chi connectivity index (χ3n) is 2.80. The molecule has 3 heteroatoms. The molecule has 1 aromatic carbocycles. The lowest BCUT2D eigenvalue weighted by molar-refractivity contribution is 0.112. The molecule has 2 aromatic rings. The van der Waals surface area contributed by atoms with Crippen molar-refractivity contribution in [3.05, 3.63) is 36.0 Å². The third-order valence-corrected chi connectivity index (χ3v) is 2.80. The second-order valence-corrected chi connectivity index (χ2v) is 3.73. The van der Waals surface area contributed by atoms with Gasteiger partial charge in [-0.1, -0.05) is 0 Å². The lowest BCUT2D eigenvalue weighted by atomic mass is 10.1. The first kappa shape index (κ1) is 10.6. The van der Waals surface area contributed by atoms with Crippen LogP contribution in [0.4, 0.5) is 5.69 Å². The number of benzene rings is 1. The number of carbonyl (C=O) groups excluding carboxylic acids is 1. The summed E-state index contributed by atoms with van der Waals surface area (Å²) in [7, 11) is 2.03. The molecular formula is C13H14N2O. The fourth-order valence-electron chi connectivity index (χ4n) is 1.68. The van der Waals surface area contributed by atoms with Crippen molar-refractivity contribution in [2.24, 2.45) is 0 Å². The Hall–Kier alpha value is -1.90. The largest absolute Gasteiger partial charge is 0.375 e. The average Bonchev–Trinajstić information content (AvgIpc) is 2.36. The highest BCUT2D eigenvalue weighted by molar-refractivity contribution is 5.97. The van der Waals surface area contributed by atoms with E-state index in [-0.39, 0.29) is 0 Å². The Kier molecular flexibility index (Phi) is 2.86. The van der Waals surface area contributed by atoms with Crippen molar-refractivity contribution in [1.29, 1.82) is 0 Å². The molecule has 1 aromatic heterocycles. The van der Waals surface area contributed by atoms with Crippen molar-refractivity contribution in [1.82, 2.24) is 4.98 Å². The molecule has 0 bridgehead atoms. The Bertz CT molecular complexity index is 522. The van der Waals surface area contributed by atoms with Gasteiger partial charge in [-0.2, -0.15) is 0 Å². The molecule has 0 N–H and O–H groups in total. The molecule has 0 saturated carbocycles. The van der Waals surface area contributed by atoms with Crippen molar-refractivity contribution >= 4 is 22.9 Å². The molecule has 0 radical (unpaired) electrons. The first-order valence-electron chi connectivity index (χ1n) is 5.31. The van der Waals surface area contributed by atoms with E-state index in [1.807, 2.05) is 25.2 Å². The number of pyridine rings is 1. The second kappa shape index (κ2) is 4.31. The van der Waals surface area contributed by atoms with E-state index in [0.29, 0.717) is 5.56 Å². The summed E-state index contributed by atoms with van der Waals surface area (Å²) in [5.41, 5.74) is 2.65. The van der Waals surface area contributed by atoms with Gasteiger partial charge in [-0.15, -0.1) is 0 Å². The minimum Gasteiger partial charge on any atom is -0.375 e. The van der Waals surface area contributed by atoms with Gasteiger partial charge in [0.2, 0.25) is 0 Å². The number of aldehydes is 1. The van der Waals surface area contributed by atoms with Gasteiger partial charge < -0.3 is 4.90 Å². The molecule has 0 atom stereocenters. The molecule has 0 fully saturated rings. The summed E-state index contributed by atoms with van der Waals surface area (Å²) < 4.78 is 0. The molecule has 1 heterocycles. The van der Waals surface area contributed by atoms with Gasteiger partial charge in [-0.3, -0.25) is 9.78 Å². The van der Waals surface area contributed by atoms with E-state index in [1.54, 1.807) is 12.3 Å². The predicted octanol–water partition coefficient (Wildman–Crippen LogP) is 2.50. The number of rotatable bonds is 3. The van der Waals surface area contributed by atoms with Crippen LogP contribution >= 0.6 is 0 Å². The number of hydrogen-bond donors (Lipinski definition) is 0. The SMILES string of the molecule is CCN(C)c1ccc2nccc(C=O)c2c1. The maximum Gasteiger partial charge on any atom is 0.150 e. The maximum absolute atomic E-state index is 10.9. The Morgan fingerprint density at radius 2 is 2.19 bits per heavy atom. The Morgan fingerprint density at radius 1 is 1.38 bits per heavy atom. The summed E-state index contributed by atoms with van der Waals surface area (Å²) in [4.78, 5) is 17.3. The third kappa shape index (κ3) is 1.76. The molecule has 0 unspecified atom stereocenters. The summed E-state index contributed by atoms with van der Waals surface area (Å²) in [6.07, 6.45) is 2.54. The fraction of sp³-hybridized carbons (Fsp3) is 0.231. The highest BCUT2D eigenvalue weighted by Gasteiger charge is 2.04. The molecule has 2 rings (SSSR count). The van der Waals surface area contributed by atoms with Crippen LogP contribution in [0.15, 0.2) is 30.5 Å². The molecular weight excluding hydrogens is 200 g/mol. The minimum absolute atomic E-state index is 0.691. The lowest BCUT2D eigenvalue weighted by Gasteiger charge is -2.17. The summed E-state index contributed by atoms with van der Waals surface area (Å²) in [6, 6.07) is 7.72. The van der Waals surface area contributed by atoms with Gasteiger partial charge in [-0.25, -0.2) is 0 Å². The Labute approximate surface area is 94.7 Å². The van der Waals surface area contributed by atoms with E-state index >= 15 is 0 Å². The van der Waals surface area contributed by atoms with Crippen molar-refractivity contribution in [2.45, 2.75) is 6.92 Å². The van der Waals surface area contributed by atoms with Crippen LogP contribution in [0.25, 0.3) is 10.9 Å². The van der Waals surface area contributed by atoms with E-state index in [1.165, 1.54) is 0 Å². The Morgan fingerprint density at radius 3 is 2.88 bits per heavy atom. The first-order valence-corrected chi connectivity index (χ1v) is 5.31. The van der Waals surface area contributed by atoms with Gasteiger partial charge in [0.25, 0.3) is 0 Å². The van der Waals surface area contributed by atoms with Crippen LogP contribution in [0.3, 0.4) is 0 Å². The van der Waals surface area contributed by atoms with E-state index in [2.05, 4.69) is 16.8 Å². The van der Waals surface area contributed by atoms with Gasteiger partial charge in [0.05, 0.1) is 5.52 Å². The first-order chi connectivity index (χ1) is 7.76. The molecule has 82 valence electrons. The van der Waals surface area contributed by atoms with Crippen molar-refractivity contribution in [3.63, 3.8) is 0 Å². The van der Waals surface area contributed by atoms with Gasteiger partial charge in [-0.05, 0) is 31.2 Å². The van der Waals surface area contributed by atoms with Crippen LogP contribution in [0, 0.1) is 0 Å². The van der Waals surface area contributed by atoms with Crippen LogP contribution in [0.2, 0.25) is 0 Å². The molecule has 16 heavy (non-hydrogen) atoms. The quantitative estimate of drug-likeness (QED) is 0.736. The highest BCUT2D eigenvalue weighted by atomic mass is 16.1. The van der Waals surface area contributed by atoms with E-state index in [0.717, 1.165) is 29.4 Å². The minimum atomic E-state index is 0.691. The lowest BCUT2D eigenvalue weighted by Crippen LogP contribution is -2.15. The number of carbonyl (C=O) groups is 1. The monoisotopic (exact) mass is 214 g/mol.